The molecule has 3 nitrogen and oxygen atoms in total. The molecule has 0 spiro atoms. The molecule has 0 unspecified atom stereocenters. The molecule has 4 rings (SSSR count). The lowest BCUT2D eigenvalue weighted by Crippen LogP contribution is -2.37. The van der Waals surface area contributed by atoms with E-state index in [2.05, 4.69) is 35.7 Å². The molecule has 0 amide bonds. The van der Waals surface area contributed by atoms with E-state index >= 15 is 0 Å². The van der Waals surface area contributed by atoms with Crippen LogP contribution in [0.3, 0.4) is 0 Å². The minimum absolute atomic E-state index is 0.214. The summed E-state index contributed by atoms with van der Waals surface area (Å²) in [5.74, 6) is 0.304. The SMILES string of the molecule is [2H]C([2H])([2H])c1ccc(-c2ccc([Si](C)(C)C)cn2)cc1-c1nc2ccccc2o1. The summed E-state index contributed by atoms with van der Waals surface area (Å²) in [4.78, 5) is 9.13. The fourth-order valence-electron chi connectivity index (χ4n) is 2.88. The first-order chi connectivity index (χ1) is 13.6. The lowest BCUT2D eigenvalue weighted by molar-refractivity contribution is 0.619. The van der Waals surface area contributed by atoms with Gasteiger partial charge in [0.25, 0.3) is 0 Å². The number of para-hydroxylation sites is 2. The summed E-state index contributed by atoms with van der Waals surface area (Å²) in [6, 6.07) is 16.7. The van der Waals surface area contributed by atoms with Crippen LogP contribution >= 0.6 is 0 Å². The number of aryl methyl sites for hydroxylation is 1. The molecule has 0 saturated carbocycles. The van der Waals surface area contributed by atoms with Crippen LogP contribution in [0.2, 0.25) is 19.6 Å². The van der Waals surface area contributed by atoms with Crippen molar-refractivity contribution in [3.8, 4) is 22.7 Å². The largest absolute Gasteiger partial charge is 0.436 e. The Labute approximate surface area is 159 Å². The number of aromatic nitrogens is 2. The normalized spacial score (nSPS) is 14.0. The van der Waals surface area contributed by atoms with Gasteiger partial charge in [-0.3, -0.25) is 4.98 Å². The van der Waals surface area contributed by atoms with Crippen molar-refractivity contribution in [2.24, 2.45) is 0 Å². The lowest BCUT2D eigenvalue weighted by Gasteiger charge is -2.16. The van der Waals surface area contributed by atoms with Crippen LogP contribution in [0.5, 0.6) is 0 Å². The van der Waals surface area contributed by atoms with Gasteiger partial charge in [-0.25, -0.2) is 4.98 Å². The number of nitrogens with zero attached hydrogens (tertiary/aromatic N) is 2. The fourth-order valence-corrected chi connectivity index (χ4v) is 3.91. The van der Waals surface area contributed by atoms with Gasteiger partial charge in [-0.15, -0.1) is 0 Å². The van der Waals surface area contributed by atoms with E-state index in [1.165, 1.54) is 5.19 Å². The molecule has 0 bridgehead atoms. The van der Waals surface area contributed by atoms with E-state index in [1.54, 1.807) is 12.1 Å². The van der Waals surface area contributed by atoms with Gasteiger partial charge >= 0.3 is 0 Å². The minimum Gasteiger partial charge on any atom is -0.436 e. The Morgan fingerprint density at radius 2 is 1.85 bits per heavy atom. The lowest BCUT2D eigenvalue weighted by atomic mass is 10.0. The monoisotopic (exact) mass is 361 g/mol. The highest BCUT2D eigenvalue weighted by Gasteiger charge is 2.17. The maximum absolute atomic E-state index is 7.92. The number of oxazole rings is 1. The second-order valence-electron chi connectivity index (χ2n) is 7.43. The molecule has 0 N–H and O–H groups in total. The van der Waals surface area contributed by atoms with Gasteiger partial charge in [0, 0.05) is 21.4 Å². The first-order valence-corrected chi connectivity index (χ1v) is 12.1. The molecule has 0 aliphatic rings. The van der Waals surface area contributed by atoms with Crippen LogP contribution in [0.25, 0.3) is 33.8 Å². The Morgan fingerprint density at radius 3 is 2.54 bits per heavy atom. The molecule has 26 heavy (non-hydrogen) atoms. The van der Waals surface area contributed by atoms with E-state index in [-0.39, 0.29) is 5.56 Å². The van der Waals surface area contributed by atoms with Crippen molar-refractivity contribution in [3.05, 3.63) is 66.4 Å². The Hall–Kier alpha value is -2.72. The van der Waals surface area contributed by atoms with Crippen LogP contribution in [0, 0.1) is 6.85 Å². The molecule has 0 radical (unpaired) electrons. The molecule has 0 fully saturated rings. The van der Waals surface area contributed by atoms with Crippen LogP contribution in [0.15, 0.2) is 65.2 Å². The number of benzene rings is 2. The average molecular weight is 362 g/mol. The van der Waals surface area contributed by atoms with Gasteiger partial charge in [0.15, 0.2) is 5.58 Å². The Kier molecular flexibility index (Phi) is 3.22. The summed E-state index contributed by atoms with van der Waals surface area (Å²) in [7, 11) is -1.44. The second kappa shape index (κ2) is 6.22. The van der Waals surface area contributed by atoms with Gasteiger partial charge < -0.3 is 4.42 Å². The standard InChI is InChI=1S/C22H22N2OSi/c1-15-9-10-16(19-12-11-17(14-23-19)26(2,3)4)13-18(15)22-24-20-7-5-6-8-21(20)25-22/h5-14H,1-4H3/i1D3. The van der Waals surface area contributed by atoms with Crippen molar-refractivity contribution in [2.45, 2.75) is 26.5 Å². The van der Waals surface area contributed by atoms with E-state index < -0.39 is 14.9 Å². The first-order valence-electron chi connectivity index (χ1n) is 10.1. The molecule has 4 heteroatoms. The summed E-state index contributed by atoms with van der Waals surface area (Å²) >= 11 is 0. The van der Waals surface area contributed by atoms with E-state index in [9.17, 15) is 0 Å². The molecule has 130 valence electrons. The predicted molar refractivity (Wildman–Crippen MR) is 110 cm³/mol. The number of rotatable bonds is 3. The van der Waals surface area contributed by atoms with Gasteiger partial charge in [-0.05, 0) is 41.9 Å². The van der Waals surface area contributed by atoms with Crippen LogP contribution in [0.1, 0.15) is 9.68 Å². The van der Waals surface area contributed by atoms with Crippen LogP contribution < -0.4 is 5.19 Å². The summed E-state index contributed by atoms with van der Waals surface area (Å²) in [6.45, 7) is 4.56. The number of hydrogen-bond donors (Lipinski definition) is 0. The molecule has 4 aromatic rings. The Bertz CT molecular complexity index is 1140. The second-order valence-corrected chi connectivity index (χ2v) is 12.5. The molecule has 2 heterocycles. The summed E-state index contributed by atoms with van der Waals surface area (Å²) < 4.78 is 29.6. The molecule has 0 saturated heterocycles. The third kappa shape index (κ3) is 3.08. The fraction of sp³-hybridized carbons (Fsp3) is 0.182. The highest BCUT2D eigenvalue weighted by Crippen LogP contribution is 2.30. The zero-order chi connectivity index (χ0) is 20.8. The highest BCUT2D eigenvalue weighted by atomic mass is 28.3. The van der Waals surface area contributed by atoms with Gasteiger partial charge in [0.1, 0.15) is 5.52 Å². The molecule has 0 atom stereocenters. The first kappa shape index (κ1) is 13.5. The highest BCUT2D eigenvalue weighted by molar-refractivity contribution is 6.88. The quantitative estimate of drug-likeness (QED) is 0.458. The van der Waals surface area contributed by atoms with Gasteiger partial charge in [-0.1, -0.05) is 50.0 Å². The van der Waals surface area contributed by atoms with Gasteiger partial charge in [0.05, 0.1) is 13.8 Å². The predicted octanol–water partition coefficient (Wildman–Crippen LogP) is 5.41. The maximum atomic E-state index is 7.92. The van der Waals surface area contributed by atoms with Crippen LogP contribution in [-0.4, -0.2) is 18.0 Å². The summed E-state index contributed by atoms with van der Waals surface area (Å²) in [6.07, 6.45) is 1.93. The molecule has 0 aliphatic carbocycles. The smallest absolute Gasteiger partial charge is 0.227 e. The third-order valence-corrected chi connectivity index (χ3v) is 6.50. The van der Waals surface area contributed by atoms with Crippen LogP contribution in [-0.2, 0) is 0 Å². The maximum Gasteiger partial charge on any atom is 0.227 e. The zero-order valence-electron chi connectivity index (χ0n) is 18.1. The summed E-state index contributed by atoms with van der Waals surface area (Å²) in [5.41, 5.74) is 3.63. The topological polar surface area (TPSA) is 38.9 Å². The molecule has 2 aromatic carbocycles. The van der Waals surface area contributed by atoms with Crippen molar-refractivity contribution in [3.63, 3.8) is 0 Å². The molecule has 0 aliphatic heterocycles. The van der Waals surface area contributed by atoms with Crippen molar-refractivity contribution in [1.29, 1.82) is 0 Å². The van der Waals surface area contributed by atoms with E-state index in [1.807, 2.05) is 42.6 Å². The zero-order valence-corrected chi connectivity index (χ0v) is 16.1. The van der Waals surface area contributed by atoms with Crippen molar-refractivity contribution in [2.75, 3.05) is 0 Å². The van der Waals surface area contributed by atoms with E-state index in [0.717, 1.165) is 11.3 Å². The molecular weight excluding hydrogens is 336 g/mol. The van der Waals surface area contributed by atoms with Crippen LogP contribution in [0.4, 0.5) is 0 Å². The van der Waals surface area contributed by atoms with E-state index in [4.69, 9.17) is 8.53 Å². The Morgan fingerprint density at radius 1 is 1.00 bits per heavy atom. The van der Waals surface area contributed by atoms with Crippen molar-refractivity contribution >= 4 is 24.4 Å². The summed E-state index contributed by atoms with van der Waals surface area (Å²) in [5, 5.41) is 1.28. The number of fused-ring (bicyclic) bond motifs is 1. The third-order valence-electron chi connectivity index (χ3n) is 4.47. The van der Waals surface area contributed by atoms with E-state index in [0.29, 0.717) is 22.6 Å². The number of pyridine rings is 1. The molecular formula is C22H22N2OSi. The van der Waals surface area contributed by atoms with Gasteiger partial charge in [-0.2, -0.15) is 0 Å². The minimum atomic E-state index is -2.27. The van der Waals surface area contributed by atoms with Crippen molar-refractivity contribution < 1.29 is 8.53 Å². The van der Waals surface area contributed by atoms with Crippen molar-refractivity contribution in [1.82, 2.24) is 9.97 Å². The van der Waals surface area contributed by atoms with Gasteiger partial charge in [0.2, 0.25) is 5.89 Å². The molecule has 2 aromatic heterocycles. The number of hydrogen-bond acceptors (Lipinski definition) is 3. The Balaban J connectivity index is 1.85. The average Bonchev–Trinajstić information content (AvgIpc) is 3.10.